The Morgan fingerprint density at radius 1 is 1.50 bits per heavy atom. The number of hydrogen-bond acceptors (Lipinski definition) is 4. The van der Waals surface area contributed by atoms with E-state index in [9.17, 15) is 5.11 Å². The Balaban J connectivity index is 2.08. The second-order valence-electron chi connectivity index (χ2n) is 5.08. The van der Waals surface area contributed by atoms with Gasteiger partial charge in [0.25, 0.3) is 0 Å². The van der Waals surface area contributed by atoms with Crippen LogP contribution in [0.3, 0.4) is 0 Å². The monoisotopic (exact) mass is 246 g/mol. The molecule has 2 aromatic heterocycles. The first kappa shape index (κ1) is 11.5. The van der Waals surface area contributed by atoms with Crippen molar-refractivity contribution >= 4 is 11.3 Å². The van der Waals surface area contributed by atoms with Crippen molar-refractivity contribution in [1.29, 1.82) is 0 Å². The standard InChI is InChI=1S/C13H18N4O/c1-9-3-5-16(12(9)8-18)13-11-7-10(2)15-17(11)6-4-14-13/h4,6-7,9,12,18H,3,5,8H2,1-2H3. The van der Waals surface area contributed by atoms with Crippen LogP contribution in [-0.2, 0) is 0 Å². The van der Waals surface area contributed by atoms with E-state index in [1.165, 1.54) is 0 Å². The molecule has 2 unspecified atom stereocenters. The van der Waals surface area contributed by atoms with Crippen LogP contribution < -0.4 is 4.90 Å². The first-order chi connectivity index (χ1) is 8.70. The van der Waals surface area contributed by atoms with E-state index in [1.54, 1.807) is 6.20 Å². The third-order valence-corrected chi connectivity index (χ3v) is 3.83. The first-order valence-corrected chi connectivity index (χ1v) is 6.39. The Hall–Kier alpha value is -1.62. The Morgan fingerprint density at radius 3 is 3.11 bits per heavy atom. The first-order valence-electron chi connectivity index (χ1n) is 6.39. The molecule has 1 N–H and O–H groups in total. The highest BCUT2D eigenvalue weighted by molar-refractivity contribution is 5.69. The SMILES string of the molecule is Cc1cc2c(N3CCC(C)C3CO)nccn2n1. The quantitative estimate of drug-likeness (QED) is 0.866. The molecular formula is C13H18N4O. The van der Waals surface area contributed by atoms with E-state index < -0.39 is 0 Å². The highest BCUT2D eigenvalue weighted by Gasteiger charge is 2.32. The summed E-state index contributed by atoms with van der Waals surface area (Å²) in [5, 5.41) is 14.0. The van der Waals surface area contributed by atoms with E-state index in [1.807, 2.05) is 23.7 Å². The molecule has 0 amide bonds. The van der Waals surface area contributed by atoms with Crippen molar-refractivity contribution in [2.75, 3.05) is 18.1 Å². The zero-order chi connectivity index (χ0) is 12.7. The molecule has 0 aliphatic carbocycles. The van der Waals surface area contributed by atoms with Crippen LogP contribution in [0, 0.1) is 12.8 Å². The van der Waals surface area contributed by atoms with Crippen molar-refractivity contribution in [3.63, 3.8) is 0 Å². The number of aromatic nitrogens is 3. The summed E-state index contributed by atoms with van der Waals surface area (Å²) in [6, 6.07) is 2.21. The maximum absolute atomic E-state index is 9.55. The molecule has 5 heteroatoms. The van der Waals surface area contributed by atoms with Crippen LogP contribution in [0.25, 0.3) is 5.52 Å². The molecule has 96 valence electrons. The van der Waals surface area contributed by atoms with Crippen LogP contribution in [0.5, 0.6) is 0 Å². The van der Waals surface area contributed by atoms with E-state index in [-0.39, 0.29) is 12.6 Å². The number of anilines is 1. The molecular weight excluding hydrogens is 228 g/mol. The third-order valence-electron chi connectivity index (χ3n) is 3.83. The van der Waals surface area contributed by atoms with E-state index in [2.05, 4.69) is 21.9 Å². The van der Waals surface area contributed by atoms with Gasteiger partial charge in [0.05, 0.1) is 18.3 Å². The largest absolute Gasteiger partial charge is 0.394 e. The van der Waals surface area contributed by atoms with Crippen molar-refractivity contribution in [3.05, 3.63) is 24.2 Å². The van der Waals surface area contributed by atoms with Gasteiger partial charge >= 0.3 is 0 Å². The highest BCUT2D eigenvalue weighted by atomic mass is 16.3. The lowest BCUT2D eigenvalue weighted by Crippen LogP contribution is -2.36. The Kier molecular flexibility index (Phi) is 2.70. The summed E-state index contributed by atoms with van der Waals surface area (Å²) in [5.41, 5.74) is 2.00. The number of fused-ring (bicyclic) bond motifs is 1. The van der Waals surface area contributed by atoms with E-state index >= 15 is 0 Å². The minimum Gasteiger partial charge on any atom is -0.394 e. The molecule has 5 nitrogen and oxygen atoms in total. The smallest absolute Gasteiger partial charge is 0.155 e. The van der Waals surface area contributed by atoms with E-state index in [0.717, 1.165) is 30.0 Å². The van der Waals surface area contributed by atoms with Gasteiger partial charge in [-0.25, -0.2) is 9.50 Å². The molecule has 1 fully saturated rings. The molecule has 0 bridgehead atoms. The minimum absolute atomic E-state index is 0.166. The topological polar surface area (TPSA) is 53.7 Å². The number of aliphatic hydroxyl groups excluding tert-OH is 1. The lowest BCUT2D eigenvalue weighted by molar-refractivity contribution is 0.244. The third kappa shape index (κ3) is 1.66. The van der Waals surface area contributed by atoms with Crippen LogP contribution >= 0.6 is 0 Å². The van der Waals surface area contributed by atoms with Gasteiger partial charge in [-0.3, -0.25) is 0 Å². The normalized spacial score (nSPS) is 24.1. The lowest BCUT2D eigenvalue weighted by atomic mass is 10.0. The maximum atomic E-state index is 9.55. The molecule has 1 aliphatic rings. The average Bonchev–Trinajstić information content (AvgIpc) is 2.90. The molecule has 2 aromatic rings. The number of nitrogens with zero attached hydrogens (tertiary/aromatic N) is 4. The van der Waals surface area contributed by atoms with Gasteiger partial charge in [0.1, 0.15) is 5.52 Å². The van der Waals surface area contributed by atoms with Crippen LogP contribution in [0.15, 0.2) is 18.5 Å². The van der Waals surface area contributed by atoms with Gasteiger partial charge in [-0.15, -0.1) is 0 Å². The zero-order valence-electron chi connectivity index (χ0n) is 10.7. The number of hydrogen-bond donors (Lipinski definition) is 1. The lowest BCUT2D eigenvalue weighted by Gasteiger charge is -2.26. The molecule has 1 aliphatic heterocycles. The molecule has 0 aromatic carbocycles. The molecule has 0 spiro atoms. The average molecular weight is 246 g/mol. The fourth-order valence-electron chi connectivity index (χ4n) is 2.80. The predicted molar refractivity (Wildman–Crippen MR) is 69.7 cm³/mol. The second kappa shape index (κ2) is 4.24. The van der Waals surface area contributed by atoms with Crippen molar-refractivity contribution in [2.45, 2.75) is 26.3 Å². The van der Waals surface area contributed by atoms with Crippen LogP contribution in [0.1, 0.15) is 19.0 Å². The molecule has 1 saturated heterocycles. The van der Waals surface area contributed by atoms with E-state index in [4.69, 9.17) is 0 Å². The van der Waals surface area contributed by atoms with Crippen molar-refractivity contribution < 1.29 is 5.11 Å². The van der Waals surface area contributed by atoms with Crippen molar-refractivity contribution in [2.24, 2.45) is 5.92 Å². The number of rotatable bonds is 2. The molecule has 18 heavy (non-hydrogen) atoms. The van der Waals surface area contributed by atoms with Gasteiger partial charge in [-0.05, 0) is 25.3 Å². The van der Waals surface area contributed by atoms with Gasteiger partial charge in [0.2, 0.25) is 0 Å². The fraction of sp³-hybridized carbons (Fsp3) is 0.538. The Labute approximate surface area is 106 Å². The van der Waals surface area contributed by atoms with Gasteiger partial charge in [0.15, 0.2) is 5.82 Å². The van der Waals surface area contributed by atoms with Gasteiger partial charge in [0, 0.05) is 18.9 Å². The fourth-order valence-corrected chi connectivity index (χ4v) is 2.80. The summed E-state index contributed by atoms with van der Waals surface area (Å²) in [5.74, 6) is 1.43. The van der Waals surface area contributed by atoms with Gasteiger partial charge in [-0.1, -0.05) is 6.92 Å². The summed E-state index contributed by atoms with van der Waals surface area (Å²) in [7, 11) is 0. The minimum atomic E-state index is 0.166. The summed E-state index contributed by atoms with van der Waals surface area (Å²) < 4.78 is 1.86. The Morgan fingerprint density at radius 2 is 2.33 bits per heavy atom. The zero-order valence-corrected chi connectivity index (χ0v) is 10.7. The maximum Gasteiger partial charge on any atom is 0.155 e. The Bertz CT molecular complexity index is 565. The van der Waals surface area contributed by atoms with Crippen molar-refractivity contribution in [3.8, 4) is 0 Å². The highest BCUT2D eigenvalue weighted by Crippen LogP contribution is 2.30. The van der Waals surface area contributed by atoms with Gasteiger partial charge in [-0.2, -0.15) is 5.10 Å². The molecule has 2 atom stereocenters. The molecule has 3 heterocycles. The van der Waals surface area contributed by atoms with Crippen molar-refractivity contribution in [1.82, 2.24) is 14.6 Å². The second-order valence-corrected chi connectivity index (χ2v) is 5.08. The molecule has 3 rings (SSSR count). The van der Waals surface area contributed by atoms with E-state index in [0.29, 0.717) is 5.92 Å². The van der Waals surface area contributed by atoms with Gasteiger partial charge < -0.3 is 10.0 Å². The predicted octanol–water partition coefficient (Wildman–Crippen LogP) is 1.24. The van der Waals surface area contributed by atoms with Crippen LogP contribution in [0.4, 0.5) is 5.82 Å². The summed E-state index contributed by atoms with van der Waals surface area (Å²) in [6.07, 6.45) is 4.73. The molecule has 0 radical (unpaired) electrons. The number of aryl methyl sites for hydroxylation is 1. The summed E-state index contributed by atoms with van der Waals surface area (Å²) >= 11 is 0. The van der Waals surface area contributed by atoms with Crippen LogP contribution in [0.2, 0.25) is 0 Å². The summed E-state index contributed by atoms with van der Waals surface area (Å²) in [4.78, 5) is 6.70. The molecule has 0 saturated carbocycles. The number of aliphatic hydroxyl groups is 1. The summed E-state index contributed by atoms with van der Waals surface area (Å²) in [6.45, 7) is 5.29. The van der Waals surface area contributed by atoms with Crippen LogP contribution in [-0.4, -0.2) is 38.9 Å².